The first kappa shape index (κ1) is 12.6. The maximum Gasteiger partial charge on any atom is 0.138 e. The van der Waals surface area contributed by atoms with Crippen LogP contribution in [0, 0.1) is 6.92 Å². The van der Waals surface area contributed by atoms with Crippen molar-refractivity contribution in [2.24, 2.45) is 0 Å². The Balaban J connectivity index is 2.25. The van der Waals surface area contributed by atoms with E-state index in [1.54, 1.807) is 18.4 Å². The van der Waals surface area contributed by atoms with Crippen molar-refractivity contribution >= 4 is 38.3 Å². The Hall–Kier alpha value is -1.46. The predicted molar refractivity (Wildman–Crippen MR) is 81.8 cm³/mol. The first-order valence-corrected chi connectivity index (χ1v) is 7.41. The SMILES string of the molecule is COc1c(Br)cc2nc(-c3cccs3)cnc2c1C. The molecule has 2 heterocycles. The summed E-state index contributed by atoms with van der Waals surface area (Å²) in [6.45, 7) is 1.99. The van der Waals surface area contributed by atoms with E-state index >= 15 is 0 Å². The Morgan fingerprint density at radius 1 is 1.37 bits per heavy atom. The highest BCUT2D eigenvalue weighted by atomic mass is 79.9. The van der Waals surface area contributed by atoms with Gasteiger partial charge in [-0.1, -0.05) is 6.07 Å². The maximum absolute atomic E-state index is 5.37. The summed E-state index contributed by atoms with van der Waals surface area (Å²) < 4.78 is 6.27. The van der Waals surface area contributed by atoms with E-state index < -0.39 is 0 Å². The molecule has 0 atom stereocenters. The maximum atomic E-state index is 5.37. The summed E-state index contributed by atoms with van der Waals surface area (Å²) in [6, 6.07) is 6.01. The summed E-state index contributed by atoms with van der Waals surface area (Å²) in [5.74, 6) is 0.811. The fourth-order valence-electron chi connectivity index (χ4n) is 2.06. The van der Waals surface area contributed by atoms with Gasteiger partial charge in [0, 0.05) is 5.56 Å². The molecule has 96 valence electrons. The van der Waals surface area contributed by atoms with E-state index in [2.05, 4.69) is 25.9 Å². The van der Waals surface area contributed by atoms with Gasteiger partial charge in [-0.05, 0) is 40.4 Å². The molecular formula is C14H11BrN2OS. The third-order valence-electron chi connectivity index (χ3n) is 2.95. The highest BCUT2D eigenvalue weighted by Gasteiger charge is 2.12. The van der Waals surface area contributed by atoms with Crippen molar-refractivity contribution in [2.45, 2.75) is 6.92 Å². The standard InChI is InChI=1S/C14H11BrN2OS/c1-8-13-10(6-9(15)14(8)18-2)17-11(7-16-13)12-4-3-5-19-12/h3-7H,1-2H3. The van der Waals surface area contributed by atoms with Crippen LogP contribution in [0.25, 0.3) is 21.6 Å². The summed E-state index contributed by atoms with van der Waals surface area (Å²) in [6.07, 6.45) is 1.81. The van der Waals surface area contributed by atoms with Gasteiger partial charge in [0.25, 0.3) is 0 Å². The molecule has 2 aromatic heterocycles. The molecule has 0 aliphatic carbocycles. The second-order valence-electron chi connectivity index (χ2n) is 4.12. The van der Waals surface area contributed by atoms with Crippen LogP contribution >= 0.6 is 27.3 Å². The second-order valence-corrected chi connectivity index (χ2v) is 5.92. The molecule has 5 heteroatoms. The Bertz CT molecular complexity index is 741. The highest BCUT2D eigenvalue weighted by Crippen LogP contribution is 2.34. The van der Waals surface area contributed by atoms with Gasteiger partial charge in [0.05, 0.1) is 39.4 Å². The van der Waals surface area contributed by atoms with Crippen LogP contribution in [0.3, 0.4) is 0 Å². The molecule has 3 rings (SSSR count). The van der Waals surface area contributed by atoms with Crippen LogP contribution in [0.4, 0.5) is 0 Å². The molecule has 0 bridgehead atoms. The van der Waals surface area contributed by atoms with Crippen LogP contribution in [0.5, 0.6) is 5.75 Å². The summed E-state index contributed by atoms with van der Waals surface area (Å²) >= 11 is 5.17. The Morgan fingerprint density at radius 3 is 2.89 bits per heavy atom. The predicted octanol–water partition coefficient (Wildman–Crippen LogP) is 4.44. The number of rotatable bonds is 2. The van der Waals surface area contributed by atoms with Crippen LogP contribution in [-0.4, -0.2) is 17.1 Å². The molecule has 1 aromatic carbocycles. The lowest BCUT2D eigenvalue weighted by Crippen LogP contribution is -1.94. The number of aryl methyl sites for hydroxylation is 1. The molecule has 3 aromatic rings. The van der Waals surface area contributed by atoms with E-state index in [-0.39, 0.29) is 0 Å². The third-order valence-corrected chi connectivity index (χ3v) is 4.43. The average Bonchev–Trinajstić information content (AvgIpc) is 2.92. The van der Waals surface area contributed by atoms with Gasteiger partial charge in [0.15, 0.2) is 0 Å². The normalized spacial score (nSPS) is 10.9. The number of fused-ring (bicyclic) bond motifs is 1. The number of hydrogen-bond donors (Lipinski definition) is 0. The third kappa shape index (κ3) is 2.13. The van der Waals surface area contributed by atoms with Crippen molar-refractivity contribution in [3.05, 3.63) is 39.8 Å². The Kier molecular flexibility index (Phi) is 3.24. The topological polar surface area (TPSA) is 35.0 Å². The van der Waals surface area contributed by atoms with Gasteiger partial charge in [-0.15, -0.1) is 11.3 Å². The van der Waals surface area contributed by atoms with Gasteiger partial charge in [0.2, 0.25) is 0 Å². The van der Waals surface area contributed by atoms with E-state index in [0.29, 0.717) is 0 Å². The van der Waals surface area contributed by atoms with Crippen LogP contribution in [0.2, 0.25) is 0 Å². The van der Waals surface area contributed by atoms with E-state index in [1.807, 2.05) is 36.7 Å². The van der Waals surface area contributed by atoms with Crippen molar-refractivity contribution in [1.29, 1.82) is 0 Å². The summed E-state index contributed by atoms with van der Waals surface area (Å²) in [4.78, 5) is 10.3. The van der Waals surface area contributed by atoms with Crippen LogP contribution in [0.15, 0.2) is 34.2 Å². The first-order chi connectivity index (χ1) is 9.20. The number of benzene rings is 1. The average molecular weight is 335 g/mol. The molecule has 0 aliphatic heterocycles. The molecule has 0 fully saturated rings. The van der Waals surface area contributed by atoms with Crippen molar-refractivity contribution in [3.8, 4) is 16.3 Å². The first-order valence-electron chi connectivity index (χ1n) is 5.74. The zero-order valence-corrected chi connectivity index (χ0v) is 12.9. The van der Waals surface area contributed by atoms with Gasteiger partial charge < -0.3 is 4.74 Å². The van der Waals surface area contributed by atoms with Gasteiger partial charge in [-0.25, -0.2) is 4.98 Å². The highest BCUT2D eigenvalue weighted by molar-refractivity contribution is 9.10. The minimum atomic E-state index is 0.811. The second kappa shape index (κ2) is 4.90. The molecule has 0 saturated heterocycles. The smallest absolute Gasteiger partial charge is 0.138 e. The summed E-state index contributed by atoms with van der Waals surface area (Å²) in [5, 5.41) is 2.04. The van der Waals surface area contributed by atoms with E-state index in [1.165, 1.54) is 0 Å². The monoisotopic (exact) mass is 334 g/mol. The van der Waals surface area contributed by atoms with Gasteiger partial charge >= 0.3 is 0 Å². The lowest BCUT2D eigenvalue weighted by Gasteiger charge is -2.10. The minimum absolute atomic E-state index is 0.811. The Morgan fingerprint density at radius 2 is 2.21 bits per heavy atom. The number of ether oxygens (including phenoxy) is 1. The summed E-state index contributed by atoms with van der Waals surface area (Å²) in [5.41, 5.74) is 3.65. The molecule has 0 amide bonds. The van der Waals surface area contributed by atoms with Gasteiger partial charge in [-0.3, -0.25) is 4.98 Å². The zero-order valence-electron chi connectivity index (χ0n) is 10.5. The zero-order chi connectivity index (χ0) is 13.4. The van der Waals surface area contributed by atoms with E-state index in [9.17, 15) is 0 Å². The molecule has 0 unspecified atom stereocenters. The number of nitrogens with zero attached hydrogens (tertiary/aromatic N) is 2. The number of methoxy groups -OCH3 is 1. The molecule has 0 radical (unpaired) electrons. The van der Waals surface area contributed by atoms with Crippen LogP contribution in [-0.2, 0) is 0 Å². The fourth-order valence-corrected chi connectivity index (χ4v) is 3.41. The van der Waals surface area contributed by atoms with Crippen molar-refractivity contribution < 1.29 is 4.74 Å². The van der Waals surface area contributed by atoms with Crippen LogP contribution < -0.4 is 4.74 Å². The van der Waals surface area contributed by atoms with Crippen LogP contribution in [0.1, 0.15) is 5.56 Å². The molecule has 0 spiro atoms. The molecule has 19 heavy (non-hydrogen) atoms. The van der Waals surface area contributed by atoms with Crippen molar-refractivity contribution in [3.63, 3.8) is 0 Å². The number of thiophene rings is 1. The largest absolute Gasteiger partial charge is 0.495 e. The molecule has 0 aliphatic rings. The lowest BCUT2D eigenvalue weighted by molar-refractivity contribution is 0.409. The minimum Gasteiger partial charge on any atom is -0.495 e. The fraction of sp³-hybridized carbons (Fsp3) is 0.143. The quantitative estimate of drug-likeness (QED) is 0.695. The molecular weight excluding hydrogens is 324 g/mol. The van der Waals surface area contributed by atoms with Crippen molar-refractivity contribution in [2.75, 3.05) is 7.11 Å². The number of hydrogen-bond acceptors (Lipinski definition) is 4. The van der Waals surface area contributed by atoms with Gasteiger partial charge in [0.1, 0.15) is 5.75 Å². The molecule has 0 N–H and O–H groups in total. The van der Waals surface area contributed by atoms with Gasteiger partial charge in [-0.2, -0.15) is 0 Å². The summed E-state index contributed by atoms with van der Waals surface area (Å²) in [7, 11) is 1.66. The molecule has 0 saturated carbocycles. The number of aromatic nitrogens is 2. The Labute approximate surface area is 123 Å². The van der Waals surface area contributed by atoms with Crippen molar-refractivity contribution in [1.82, 2.24) is 9.97 Å². The lowest BCUT2D eigenvalue weighted by atomic mass is 10.1. The van der Waals surface area contributed by atoms with E-state index in [0.717, 1.165) is 37.4 Å². The number of halogens is 1. The van der Waals surface area contributed by atoms with E-state index in [4.69, 9.17) is 4.74 Å². The molecule has 3 nitrogen and oxygen atoms in total.